The molecule has 1 rings (SSSR count). The molecule has 0 aliphatic carbocycles. The Morgan fingerprint density at radius 2 is 2.07 bits per heavy atom. The zero-order chi connectivity index (χ0) is 11.3. The number of hydrogen-bond acceptors (Lipinski definition) is 3. The van der Waals surface area contributed by atoms with Gasteiger partial charge in [-0.2, -0.15) is 0 Å². The molecule has 0 spiro atoms. The fourth-order valence-electron chi connectivity index (χ4n) is 1.77. The van der Waals surface area contributed by atoms with Crippen molar-refractivity contribution in [2.24, 2.45) is 5.92 Å². The van der Waals surface area contributed by atoms with Crippen molar-refractivity contribution < 1.29 is 9.84 Å². The van der Waals surface area contributed by atoms with E-state index in [0.29, 0.717) is 5.92 Å². The first-order chi connectivity index (χ1) is 7.22. The maximum atomic E-state index is 10.1. The molecule has 1 atom stereocenters. The minimum Gasteiger partial charge on any atom is -0.495 e. The van der Waals surface area contributed by atoms with E-state index in [9.17, 15) is 5.11 Å². The molecule has 1 heterocycles. The van der Waals surface area contributed by atoms with E-state index in [0.717, 1.165) is 29.9 Å². The molecule has 3 heteroatoms. The highest BCUT2D eigenvalue weighted by Crippen LogP contribution is 2.35. The van der Waals surface area contributed by atoms with Gasteiger partial charge in [0.05, 0.1) is 18.1 Å². The predicted octanol–water partition coefficient (Wildman–Crippen LogP) is 3.62. The van der Waals surface area contributed by atoms with Crippen LogP contribution in [0.1, 0.15) is 44.1 Å². The number of aliphatic hydroxyl groups is 1. The molecule has 0 aliphatic rings. The number of hydrogen-bond donors (Lipinski definition) is 1. The van der Waals surface area contributed by atoms with Crippen LogP contribution in [0, 0.1) is 5.92 Å². The topological polar surface area (TPSA) is 29.5 Å². The highest BCUT2D eigenvalue weighted by atomic mass is 32.1. The minimum absolute atomic E-state index is 0.371. The molecule has 1 aromatic rings. The molecule has 86 valence electrons. The van der Waals surface area contributed by atoms with Gasteiger partial charge in [0.2, 0.25) is 0 Å². The lowest BCUT2D eigenvalue weighted by Gasteiger charge is -2.17. The van der Waals surface area contributed by atoms with Crippen LogP contribution in [-0.4, -0.2) is 12.2 Å². The second-order valence-electron chi connectivity index (χ2n) is 3.79. The average Bonchev–Trinajstić information content (AvgIpc) is 2.73. The van der Waals surface area contributed by atoms with Gasteiger partial charge >= 0.3 is 0 Å². The number of rotatable bonds is 6. The summed E-state index contributed by atoms with van der Waals surface area (Å²) in [5.41, 5.74) is 0. The van der Waals surface area contributed by atoms with Crippen LogP contribution in [0.4, 0.5) is 0 Å². The zero-order valence-electron chi connectivity index (χ0n) is 9.69. The van der Waals surface area contributed by atoms with E-state index < -0.39 is 0 Å². The number of methoxy groups -OCH3 is 1. The van der Waals surface area contributed by atoms with Crippen molar-refractivity contribution >= 4 is 11.3 Å². The summed E-state index contributed by atoms with van der Waals surface area (Å²) in [4.78, 5) is 0.962. The van der Waals surface area contributed by atoms with Crippen LogP contribution in [-0.2, 0) is 0 Å². The second kappa shape index (κ2) is 6.13. The maximum absolute atomic E-state index is 10.1. The molecule has 1 unspecified atom stereocenters. The smallest absolute Gasteiger partial charge is 0.135 e. The summed E-state index contributed by atoms with van der Waals surface area (Å²) in [6.07, 6.45) is 2.72. The Hall–Kier alpha value is -0.540. The summed E-state index contributed by atoms with van der Waals surface area (Å²) in [5, 5.41) is 12.0. The molecule has 15 heavy (non-hydrogen) atoms. The molecule has 0 aromatic carbocycles. The van der Waals surface area contributed by atoms with E-state index >= 15 is 0 Å². The Morgan fingerprint density at radius 1 is 1.40 bits per heavy atom. The standard InChI is InChI=1S/C12H20O2S/c1-4-9(5-2)8-10(13)12-11(14-3)6-7-15-12/h6-7,9-10,13H,4-5,8H2,1-3H3. The van der Waals surface area contributed by atoms with Crippen LogP contribution in [0.5, 0.6) is 5.75 Å². The first-order valence-electron chi connectivity index (χ1n) is 5.52. The molecular weight excluding hydrogens is 208 g/mol. The summed E-state index contributed by atoms with van der Waals surface area (Å²) in [5.74, 6) is 1.42. The van der Waals surface area contributed by atoms with E-state index in [2.05, 4.69) is 13.8 Å². The predicted molar refractivity (Wildman–Crippen MR) is 64.5 cm³/mol. The first kappa shape index (κ1) is 12.5. The summed E-state index contributed by atoms with van der Waals surface area (Å²) in [6.45, 7) is 4.35. The van der Waals surface area contributed by atoms with E-state index in [1.54, 1.807) is 18.4 Å². The Kier molecular flexibility index (Phi) is 5.12. The van der Waals surface area contributed by atoms with Gasteiger partial charge in [-0.25, -0.2) is 0 Å². The van der Waals surface area contributed by atoms with E-state index in [1.165, 1.54) is 0 Å². The summed E-state index contributed by atoms with van der Waals surface area (Å²) in [6, 6.07) is 1.91. The maximum Gasteiger partial charge on any atom is 0.135 e. The quantitative estimate of drug-likeness (QED) is 0.806. The van der Waals surface area contributed by atoms with Crippen molar-refractivity contribution in [2.75, 3.05) is 7.11 Å². The Bertz CT molecular complexity index is 279. The second-order valence-corrected chi connectivity index (χ2v) is 4.73. The molecular formula is C12H20O2S. The lowest BCUT2D eigenvalue weighted by atomic mass is 9.95. The molecule has 0 radical (unpaired) electrons. The zero-order valence-corrected chi connectivity index (χ0v) is 10.5. The van der Waals surface area contributed by atoms with Crippen LogP contribution in [0.25, 0.3) is 0 Å². The normalized spacial score (nSPS) is 13.1. The van der Waals surface area contributed by atoms with E-state index in [-0.39, 0.29) is 6.10 Å². The number of ether oxygens (including phenoxy) is 1. The third-order valence-corrected chi connectivity index (χ3v) is 3.89. The molecule has 0 amide bonds. The van der Waals surface area contributed by atoms with Gasteiger partial charge in [0.1, 0.15) is 5.75 Å². The Labute approximate surface area is 95.9 Å². The van der Waals surface area contributed by atoms with E-state index in [4.69, 9.17) is 4.74 Å². The summed E-state index contributed by atoms with van der Waals surface area (Å²) in [7, 11) is 1.65. The van der Waals surface area contributed by atoms with Crippen molar-refractivity contribution in [3.63, 3.8) is 0 Å². The lowest BCUT2D eigenvalue weighted by molar-refractivity contribution is 0.141. The van der Waals surface area contributed by atoms with Crippen LogP contribution in [0.2, 0.25) is 0 Å². The van der Waals surface area contributed by atoms with E-state index in [1.807, 2.05) is 11.4 Å². The van der Waals surface area contributed by atoms with Gasteiger partial charge in [-0.15, -0.1) is 11.3 Å². The van der Waals surface area contributed by atoms with Gasteiger partial charge in [0, 0.05) is 0 Å². The van der Waals surface area contributed by atoms with Gasteiger partial charge < -0.3 is 9.84 Å². The Morgan fingerprint density at radius 3 is 2.60 bits per heavy atom. The van der Waals surface area contributed by atoms with Crippen molar-refractivity contribution in [2.45, 2.75) is 39.2 Å². The number of thiophene rings is 1. The lowest BCUT2D eigenvalue weighted by Crippen LogP contribution is -2.05. The molecule has 1 N–H and O–H groups in total. The molecule has 1 aromatic heterocycles. The fraction of sp³-hybridized carbons (Fsp3) is 0.667. The molecule has 0 saturated carbocycles. The van der Waals surface area contributed by atoms with Crippen LogP contribution >= 0.6 is 11.3 Å². The number of aliphatic hydroxyl groups excluding tert-OH is 1. The first-order valence-corrected chi connectivity index (χ1v) is 6.40. The van der Waals surface area contributed by atoms with Crippen molar-refractivity contribution in [1.29, 1.82) is 0 Å². The fourth-order valence-corrected chi connectivity index (χ4v) is 2.62. The molecule has 0 saturated heterocycles. The third kappa shape index (κ3) is 3.21. The highest BCUT2D eigenvalue weighted by molar-refractivity contribution is 7.10. The van der Waals surface area contributed by atoms with Crippen LogP contribution in [0.3, 0.4) is 0 Å². The largest absolute Gasteiger partial charge is 0.495 e. The van der Waals surface area contributed by atoms with Gasteiger partial charge in [-0.3, -0.25) is 0 Å². The van der Waals surface area contributed by atoms with Gasteiger partial charge in [-0.05, 0) is 23.8 Å². The summed E-state index contributed by atoms with van der Waals surface area (Å²) >= 11 is 1.57. The summed E-state index contributed by atoms with van der Waals surface area (Å²) < 4.78 is 5.21. The molecule has 0 fully saturated rings. The van der Waals surface area contributed by atoms with Crippen LogP contribution in [0.15, 0.2) is 11.4 Å². The van der Waals surface area contributed by atoms with Crippen molar-refractivity contribution in [3.05, 3.63) is 16.3 Å². The molecule has 2 nitrogen and oxygen atoms in total. The average molecular weight is 228 g/mol. The Balaban J connectivity index is 2.63. The van der Waals surface area contributed by atoms with Gasteiger partial charge in [0.25, 0.3) is 0 Å². The minimum atomic E-state index is -0.371. The third-order valence-electron chi connectivity index (χ3n) is 2.89. The van der Waals surface area contributed by atoms with Gasteiger partial charge in [-0.1, -0.05) is 26.7 Å². The highest BCUT2D eigenvalue weighted by Gasteiger charge is 2.18. The molecule has 0 aliphatic heterocycles. The van der Waals surface area contributed by atoms with Crippen molar-refractivity contribution in [1.82, 2.24) is 0 Å². The SMILES string of the molecule is CCC(CC)CC(O)c1sccc1OC. The molecule has 0 bridgehead atoms. The van der Waals surface area contributed by atoms with Gasteiger partial charge in [0.15, 0.2) is 0 Å². The van der Waals surface area contributed by atoms with Crippen LogP contribution < -0.4 is 4.74 Å². The monoisotopic (exact) mass is 228 g/mol. The van der Waals surface area contributed by atoms with Crippen molar-refractivity contribution in [3.8, 4) is 5.75 Å².